The van der Waals surface area contributed by atoms with Crippen molar-refractivity contribution >= 4 is 5.91 Å². The third kappa shape index (κ3) is 4.68. The molecule has 0 saturated carbocycles. The topological polar surface area (TPSA) is 86.5 Å². The molecule has 0 spiro atoms. The molecule has 0 saturated heterocycles. The zero-order chi connectivity index (χ0) is 20.1. The molecule has 28 heavy (non-hydrogen) atoms. The van der Waals surface area contributed by atoms with Crippen molar-refractivity contribution in [2.75, 3.05) is 13.7 Å². The minimum Gasteiger partial charge on any atom is -0.497 e. The predicted molar refractivity (Wildman–Crippen MR) is 104 cm³/mol. The number of nitrogens with zero attached hydrogens (tertiary/aromatic N) is 2. The maximum Gasteiger partial charge on any atom is 0.258 e. The molecular formula is C21H23N3O4. The molecule has 0 aliphatic heterocycles. The lowest BCUT2D eigenvalue weighted by atomic mass is 10.1. The summed E-state index contributed by atoms with van der Waals surface area (Å²) in [6.07, 6.45) is 0. The van der Waals surface area contributed by atoms with Crippen LogP contribution < -0.4 is 14.8 Å². The summed E-state index contributed by atoms with van der Waals surface area (Å²) in [4.78, 5) is 16.4. The zero-order valence-electron chi connectivity index (χ0n) is 16.4. The van der Waals surface area contributed by atoms with Gasteiger partial charge in [0.05, 0.1) is 13.7 Å². The van der Waals surface area contributed by atoms with Gasteiger partial charge in [-0.2, -0.15) is 4.98 Å². The summed E-state index contributed by atoms with van der Waals surface area (Å²) in [5, 5.41) is 6.66. The van der Waals surface area contributed by atoms with Gasteiger partial charge in [0.25, 0.3) is 5.91 Å². The Hall–Kier alpha value is -3.35. The number of aromatic nitrogens is 2. The molecule has 0 bridgehead atoms. The van der Waals surface area contributed by atoms with Gasteiger partial charge in [0.1, 0.15) is 11.5 Å². The van der Waals surface area contributed by atoms with E-state index in [1.165, 1.54) is 0 Å². The summed E-state index contributed by atoms with van der Waals surface area (Å²) in [6, 6.07) is 11.3. The van der Waals surface area contributed by atoms with Gasteiger partial charge in [0, 0.05) is 5.56 Å². The lowest BCUT2D eigenvalue weighted by Gasteiger charge is -2.12. The molecule has 0 aliphatic carbocycles. The largest absolute Gasteiger partial charge is 0.497 e. The maximum atomic E-state index is 12.1. The summed E-state index contributed by atoms with van der Waals surface area (Å²) >= 11 is 0. The molecule has 7 heteroatoms. The highest BCUT2D eigenvalue weighted by atomic mass is 16.5. The second-order valence-corrected chi connectivity index (χ2v) is 6.51. The third-order valence-electron chi connectivity index (χ3n) is 4.38. The van der Waals surface area contributed by atoms with Crippen molar-refractivity contribution in [3.05, 3.63) is 59.0 Å². The number of amides is 1. The van der Waals surface area contributed by atoms with Crippen molar-refractivity contribution < 1.29 is 18.8 Å². The Labute approximate surface area is 163 Å². The van der Waals surface area contributed by atoms with E-state index in [0.717, 1.165) is 28.0 Å². The first-order valence-corrected chi connectivity index (χ1v) is 8.90. The number of hydrogen-bond acceptors (Lipinski definition) is 6. The van der Waals surface area contributed by atoms with E-state index in [1.807, 2.05) is 51.1 Å². The van der Waals surface area contributed by atoms with Crippen LogP contribution in [0.25, 0.3) is 11.4 Å². The van der Waals surface area contributed by atoms with E-state index in [2.05, 4.69) is 21.5 Å². The third-order valence-corrected chi connectivity index (χ3v) is 4.38. The zero-order valence-corrected chi connectivity index (χ0v) is 16.4. The highest BCUT2D eigenvalue weighted by Crippen LogP contribution is 2.23. The molecule has 0 unspecified atom stereocenters. The smallest absolute Gasteiger partial charge is 0.258 e. The number of carbonyl (C=O) groups is 1. The fraction of sp³-hybridized carbons (Fsp3) is 0.286. The summed E-state index contributed by atoms with van der Waals surface area (Å²) in [7, 11) is 1.61. The minimum absolute atomic E-state index is 0.0802. The van der Waals surface area contributed by atoms with E-state index in [-0.39, 0.29) is 19.1 Å². The van der Waals surface area contributed by atoms with Crippen LogP contribution in [0.4, 0.5) is 0 Å². The van der Waals surface area contributed by atoms with Crippen molar-refractivity contribution in [2.24, 2.45) is 0 Å². The van der Waals surface area contributed by atoms with Crippen LogP contribution in [-0.2, 0) is 11.3 Å². The number of rotatable bonds is 7. The molecule has 3 rings (SSSR count). The van der Waals surface area contributed by atoms with Crippen molar-refractivity contribution in [2.45, 2.75) is 27.3 Å². The lowest BCUT2D eigenvalue weighted by Crippen LogP contribution is -2.28. The molecule has 1 amide bonds. The van der Waals surface area contributed by atoms with E-state index in [9.17, 15) is 4.79 Å². The molecule has 0 fully saturated rings. The van der Waals surface area contributed by atoms with E-state index >= 15 is 0 Å². The van der Waals surface area contributed by atoms with Gasteiger partial charge in [-0.15, -0.1) is 0 Å². The maximum absolute atomic E-state index is 12.1. The van der Waals surface area contributed by atoms with Crippen LogP contribution in [0.3, 0.4) is 0 Å². The first-order chi connectivity index (χ1) is 13.5. The quantitative estimate of drug-likeness (QED) is 0.675. The van der Waals surface area contributed by atoms with Crippen molar-refractivity contribution in [1.29, 1.82) is 0 Å². The Morgan fingerprint density at radius 2 is 1.89 bits per heavy atom. The number of nitrogens with one attached hydrogen (secondary N) is 1. The van der Waals surface area contributed by atoms with Crippen LogP contribution in [0.15, 0.2) is 40.9 Å². The van der Waals surface area contributed by atoms with Gasteiger partial charge in [0.2, 0.25) is 11.7 Å². The van der Waals surface area contributed by atoms with Crippen LogP contribution in [0, 0.1) is 20.8 Å². The Balaban J connectivity index is 1.53. The fourth-order valence-electron chi connectivity index (χ4n) is 2.70. The molecule has 1 aromatic heterocycles. The van der Waals surface area contributed by atoms with Gasteiger partial charge in [-0.3, -0.25) is 4.79 Å². The van der Waals surface area contributed by atoms with E-state index in [4.69, 9.17) is 14.0 Å². The van der Waals surface area contributed by atoms with E-state index in [0.29, 0.717) is 17.5 Å². The first kappa shape index (κ1) is 19.4. The molecule has 2 aromatic carbocycles. The Morgan fingerprint density at radius 1 is 1.14 bits per heavy atom. The van der Waals surface area contributed by atoms with Crippen LogP contribution >= 0.6 is 0 Å². The SMILES string of the molecule is COc1ccc(-c2noc(CNC(=O)COc3cc(C)cc(C)c3C)n2)cc1. The fourth-order valence-corrected chi connectivity index (χ4v) is 2.70. The second kappa shape index (κ2) is 8.56. The Bertz CT molecular complexity index is 964. The minimum atomic E-state index is -0.261. The molecule has 0 radical (unpaired) electrons. The number of carbonyl (C=O) groups excluding carboxylic acids is 1. The van der Waals surface area contributed by atoms with Gasteiger partial charge in [-0.25, -0.2) is 0 Å². The number of aryl methyl sites for hydroxylation is 2. The predicted octanol–water partition coefficient (Wildman–Crippen LogP) is 3.37. The number of methoxy groups -OCH3 is 1. The van der Waals surface area contributed by atoms with E-state index in [1.54, 1.807) is 7.11 Å². The average molecular weight is 381 g/mol. The highest BCUT2D eigenvalue weighted by molar-refractivity contribution is 5.77. The van der Waals surface area contributed by atoms with Gasteiger partial charge in [-0.1, -0.05) is 11.2 Å². The number of benzene rings is 2. The van der Waals surface area contributed by atoms with Crippen LogP contribution in [-0.4, -0.2) is 29.8 Å². The Morgan fingerprint density at radius 3 is 2.61 bits per heavy atom. The summed E-state index contributed by atoms with van der Waals surface area (Å²) < 4.78 is 16.0. The summed E-state index contributed by atoms with van der Waals surface area (Å²) in [6.45, 7) is 6.04. The molecule has 3 aromatic rings. The molecular weight excluding hydrogens is 358 g/mol. The van der Waals surface area contributed by atoms with Crippen LogP contribution in [0.5, 0.6) is 11.5 Å². The van der Waals surface area contributed by atoms with Gasteiger partial charge in [-0.05, 0) is 67.8 Å². The van der Waals surface area contributed by atoms with Gasteiger partial charge in [0.15, 0.2) is 6.61 Å². The molecule has 1 N–H and O–H groups in total. The van der Waals surface area contributed by atoms with Crippen molar-refractivity contribution in [1.82, 2.24) is 15.5 Å². The molecule has 7 nitrogen and oxygen atoms in total. The molecule has 0 atom stereocenters. The molecule has 146 valence electrons. The summed E-state index contributed by atoms with van der Waals surface area (Å²) in [5.74, 6) is 1.98. The number of hydrogen-bond donors (Lipinski definition) is 1. The standard InChI is InChI=1S/C21H23N3O4/c1-13-9-14(2)15(3)18(10-13)27-12-19(25)22-11-20-23-21(24-28-20)16-5-7-17(26-4)8-6-16/h5-10H,11-12H2,1-4H3,(H,22,25). The second-order valence-electron chi connectivity index (χ2n) is 6.51. The van der Waals surface area contributed by atoms with Crippen molar-refractivity contribution in [3.63, 3.8) is 0 Å². The monoisotopic (exact) mass is 381 g/mol. The average Bonchev–Trinajstić information content (AvgIpc) is 3.17. The van der Waals surface area contributed by atoms with Crippen LogP contribution in [0.1, 0.15) is 22.6 Å². The van der Waals surface area contributed by atoms with Crippen LogP contribution in [0.2, 0.25) is 0 Å². The van der Waals surface area contributed by atoms with Crippen molar-refractivity contribution in [3.8, 4) is 22.9 Å². The Kier molecular flexibility index (Phi) is 5.93. The highest BCUT2D eigenvalue weighted by Gasteiger charge is 2.11. The lowest BCUT2D eigenvalue weighted by molar-refractivity contribution is -0.123. The first-order valence-electron chi connectivity index (χ1n) is 8.90. The molecule has 0 aliphatic rings. The van der Waals surface area contributed by atoms with Gasteiger partial charge >= 0.3 is 0 Å². The van der Waals surface area contributed by atoms with Gasteiger partial charge < -0.3 is 19.3 Å². The summed E-state index contributed by atoms with van der Waals surface area (Å²) in [5.41, 5.74) is 4.05. The van der Waals surface area contributed by atoms with E-state index < -0.39 is 0 Å². The normalized spacial score (nSPS) is 10.6. The number of ether oxygens (including phenoxy) is 2. The molecule has 1 heterocycles.